The quantitative estimate of drug-likeness (QED) is 0.640. The molecular weight excluding hydrogens is 289 g/mol. The third-order valence-corrected chi connectivity index (χ3v) is 2.70. The van der Waals surface area contributed by atoms with Crippen LogP contribution in [0.4, 0.5) is 4.39 Å². The lowest BCUT2D eigenvalue weighted by atomic mass is 10.2. The number of hydrogen-bond acceptors (Lipinski definition) is 4. The number of hydrogen-bond donors (Lipinski definition) is 2. The topological polar surface area (TPSA) is 80.3 Å². The van der Waals surface area contributed by atoms with E-state index in [9.17, 15) is 14.0 Å². The van der Waals surface area contributed by atoms with E-state index in [2.05, 4.69) is 10.3 Å². The van der Waals surface area contributed by atoms with Gasteiger partial charge in [-0.15, -0.1) is 0 Å². The molecule has 2 aromatic rings. The van der Waals surface area contributed by atoms with Crippen molar-refractivity contribution in [2.75, 3.05) is 0 Å². The molecule has 2 amide bonds. The van der Waals surface area contributed by atoms with E-state index in [0.29, 0.717) is 5.56 Å². The Hall–Kier alpha value is -2.80. The lowest BCUT2D eigenvalue weighted by molar-refractivity contribution is -0.147. The summed E-state index contributed by atoms with van der Waals surface area (Å²) in [6, 6.07) is 9.10. The number of benzene rings is 1. The van der Waals surface area contributed by atoms with Crippen LogP contribution in [0.5, 0.6) is 0 Å². The van der Waals surface area contributed by atoms with Crippen LogP contribution in [-0.4, -0.2) is 16.8 Å². The highest BCUT2D eigenvalue weighted by Crippen LogP contribution is 2.02. The van der Waals surface area contributed by atoms with Crippen LogP contribution in [0, 0.1) is 5.82 Å². The SMILES string of the molecule is O=C(NCc1ccc(F)cc1)C(=O)NOCc1cccnc1. The maximum atomic E-state index is 12.7. The Labute approximate surface area is 126 Å². The minimum atomic E-state index is -0.911. The van der Waals surface area contributed by atoms with E-state index in [1.165, 1.54) is 24.3 Å². The van der Waals surface area contributed by atoms with Crippen molar-refractivity contribution in [2.45, 2.75) is 13.2 Å². The van der Waals surface area contributed by atoms with Crippen molar-refractivity contribution in [3.63, 3.8) is 0 Å². The number of amides is 2. The second-order valence-corrected chi connectivity index (χ2v) is 4.39. The Balaban J connectivity index is 1.70. The van der Waals surface area contributed by atoms with Gasteiger partial charge < -0.3 is 5.32 Å². The highest BCUT2D eigenvalue weighted by molar-refractivity contribution is 6.34. The second-order valence-electron chi connectivity index (χ2n) is 4.39. The van der Waals surface area contributed by atoms with Gasteiger partial charge in [-0.3, -0.25) is 19.4 Å². The summed E-state index contributed by atoms with van der Waals surface area (Å²) in [5.41, 5.74) is 3.48. The molecule has 22 heavy (non-hydrogen) atoms. The predicted molar refractivity (Wildman–Crippen MR) is 75.4 cm³/mol. The number of aromatic nitrogens is 1. The van der Waals surface area contributed by atoms with Crippen molar-refractivity contribution in [1.29, 1.82) is 0 Å². The Morgan fingerprint density at radius 3 is 2.55 bits per heavy atom. The number of carbonyl (C=O) groups excluding carboxylic acids is 2. The molecule has 1 aromatic heterocycles. The van der Waals surface area contributed by atoms with E-state index in [0.717, 1.165) is 5.56 Å². The van der Waals surface area contributed by atoms with Crippen LogP contribution in [0.3, 0.4) is 0 Å². The number of pyridine rings is 1. The first-order valence-corrected chi connectivity index (χ1v) is 6.48. The molecule has 114 valence electrons. The molecular formula is C15H14FN3O3. The fourth-order valence-corrected chi connectivity index (χ4v) is 1.58. The van der Waals surface area contributed by atoms with Crippen LogP contribution in [0.25, 0.3) is 0 Å². The Bertz CT molecular complexity index is 632. The van der Waals surface area contributed by atoms with Gasteiger partial charge in [0.05, 0.1) is 0 Å². The highest BCUT2D eigenvalue weighted by Gasteiger charge is 2.13. The smallest absolute Gasteiger partial charge is 0.332 e. The standard InChI is InChI=1S/C15H14FN3O3/c16-13-5-3-11(4-6-13)9-18-14(20)15(21)19-22-10-12-2-1-7-17-8-12/h1-8H,9-10H2,(H,18,20)(H,19,21). The average Bonchev–Trinajstić information content (AvgIpc) is 2.55. The van der Waals surface area contributed by atoms with Crippen LogP contribution in [-0.2, 0) is 27.6 Å². The molecule has 1 heterocycles. The summed E-state index contributed by atoms with van der Waals surface area (Å²) >= 11 is 0. The van der Waals surface area contributed by atoms with Crippen molar-refractivity contribution >= 4 is 11.8 Å². The first-order chi connectivity index (χ1) is 10.6. The Morgan fingerprint density at radius 2 is 1.86 bits per heavy atom. The van der Waals surface area contributed by atoms with E-state index in [1.54, 1.807) is 24.5 Å². The fraction of sp³-hybridized carbons (Fsp3) is 0.133. The average molecular weight is 303 g/mol. The van der Waals surface area contributed by atoms with E-state index < -0.39 is 11.8 Å². The zero-order valence-corrected chi connectivity index (χ0v) is 11.6. The number of nitrogens with one attached hydrogen (secondary N) is 2. The molecule has 2 N–H and O–H groups in total. The van der Waals surface area contributed by atoms with Crippen molar-refractivity contribution in [1.82, 2.24) is 15.8 Å². The second kappa shape index (κ2) is 7.84. The molecule has 0 saturated carbocycles. The molecule has 1 aromatic carbocycles. The van der Waals surface area contributed by atoms with Gasteiger partial charge >= 0.3 is 11.8 Å². The minimum Gasteiger partial charge on any atom is -0.344 e. The summed E-state index contributed by atoms with van der Waals surface area (Å²) in [6.07, 6.45) is 3.20. The molecule has 0 aliphatic heterocycles. The van der Waals surface area contributed by atoms with Gasteiger partial charge in [0.1, 0.15) is 12.4 Å². The maximum Gasteiger partial charge on any atom is 0.332 e. The van der Waals surface area contributed by atoms with Gasteiger partial charge in [-0.2, -0.15) is 0 Å². The molecule has 0 radical (unpaired) electrons. The summed E-state index contributed by atoms with van der Waals surface area (Å²) < 4.78 is 12.7. The summed E-state index contributed by atoms with van der Waals surface area (Å²) in [7, 11) is 0. The normalized spacial score (nSPS) is 10.0. The highest BCUT2D eigenvalue weighted by atomic mass is 19.1. The number of hydroxylamine groups is 1. The van der Waals surface area contributed by atoms with Crippen LogP contribution in [0.15, 0.2) is 48.8 Å². The number of halogens is 1. The van der Waals surface area contributed by atoms with Crippen molar-refractivity contribution in [3.8, 4) is 0 Å². The van der Waals surface area contributed by atoms with Crippen LogP contribution in [0.2, 0.25) is 0 Å². The predicted octanol–water partition coefficient (Wildman–Crippen LogP) is 1.08. The van der Waals surface area contributed by atoms with Crippen LogP contribution < -0.4 is 10.8 Å². The molecule has 0 aliphatic rings. The third kappa shape index (κ3) is 4.95. The molecule has 0 fully saturated rings. The molecule has 0 atom stereocenters. The van der Waals surface area contributed by atoms with Gasteiger partial charge in [-0.1, -0.05) is 18.2 Å². The molecule has 0 spiro atoms. The lowest BCUT2D eigenvalue weighted by Gasteiger charge is -2.07. The van der Waals surface area contributed by atoms with Gasteiger partial charge in [-0.05, 0) is 29.3 Å². The van der Waals surface area contributed by atoms with Gasteiger partial charge in [0.2, 0.25) is 0 Å². The first kappa shape index (κ1) is 15.6. The van der Waals surface area contributed by atoms with E-state index in [-0.39, 0.29) is 19.0 Å². The first-order valence-electron chi connectivity index (χ1n) is 6.48. The van der Waals surface area contributed by atoms with Crippen LogP contribution in [0.1, 0.15) is 11.1 Å². The number of carbonyl (C=O) groups is 2. The van der Waals surface area contributed by atoms with E-state index in [4.69, 9.17) is 4.84 Å². The fourth-order valence-electron chi connectivity index (χ4n) is 1.58. The van der Waals surface area contributed by atoms with Gasteiger partial charge in [0.15, 0.2) is 0 Å². The third-order valence-electron chi connectivity index (χ3n) is 2.70. The Kier molecular flexibility index (Phi) is 5.56. The molecule has 6 nitrogen and oxygen atoms in total. The van der Waals surface area contributed by atoms with E-state index >= 15 is 0 Å². The molecule has 0 unspecified atom stereocenters. The van der Waals surface area contributed by atoms with Gasteiger partial charge in [0.25, 0.3) is 0 Å². The molecule has 0 aliphatic carbocycles. The summed E-state index contributed by atoms with van der Waals surface area (Å²) in [6.45, 7) is 0.222. The molecule has 0 bridgehead atoms. The van der Waals surface area contributed by atoms with Gasteiger partial charge in [-0.25, -0.2) is 9.87 Å². The number of rotatable bonds is 5. The monoisotopic (exact) mass is 303 g/mol. The van der Waals surface area contributed by atoms with Crippen molar-refractivity contribution < 1.29 is 18.8 Å². The lowest BCUT2D eigenvalue weighted by Crippen LogP contribution is -2.39. The van der Waals surface area contributed by atoms with Gasteiger partial charge in [0, 0.05) is 18.9 Å². The molecule has 0 saturated heterocycles. The molecule has 2 rings (SSSR count). The summed E-state index contributed by atoms with van der Waals surface area (Å²) in [4.78, 5) is 31.8. The largest absolute Gasteiger partial charge is 0.344 e. The molecule has 7 heteroatoms. The zero-order chi connectivity index (χ0) is 15.8. The Morgan fingerprint density at radius 1 is 1.09 bits per heavy atom. The maximum absolute atomic E-state index is 12.7. The summed E-state index contributed by atoms with van der Waals surface area (Å²) in [5, 5.41) is 2.40. The zero-order valence-electron chi connectivity index (χ0n) is 11.6. The number of nitrogens with zero attached hydrogens (tertiary/aromatic N) is 1. The van der Waals surface area contributed by atoms with Crippen LogP contribution >= 0.6 is 0 Å². The minimum absolute atomic E-state index is 0.102. The summed E-state index contributed by atoms with van der Waals surface area (Å²) in [5.74, 6) is -2.11. The van der Waals surface area contributed by atoms with Crippen molar-refractivity contribution in [3.05, 3.63) is 65.7 Å². The van der Waals surface area contributed by atoms with E-state index in [1.807, 2.05) is 5.48 Å². The van der Waals surface area contributed by atoms with Crippen molar-refractivity contribution in [2.24, 2.45) is 0 Å².